The molecule has 3 heterocycles. The van der Waals surface area contributed by atoms with Crippen LogP contribution in [-0.2, 0) is 9.53 Å². The van der Waals surface area contributed by atoms with E-state index in [1.54, 1.807) is 19.6 Å². The fourth-order valence-corrected chi connectivity index (χ4v) is 3.71. The van der Waals surface area contributed by atoms with Crippen LogP contribution in [0.5, 0.6) is 0 Å². The minimum Gasteiger partial charge on any atom is -0.505 e. The topological polar surface area (TPSA) is 59.4 Å². The monoisotopic (exact) mass is 330 g/mol. The largest absolute Gasteiger partial charge is 0.505 e. The summed E-state index contributed by atoms with van der Waals surface area (Å²) in [5.41, 5.74) is 1.74. The molecule has 0 aromatic carbocycles. The van der Waals surface area contributed by atoms with E-state index in [4.69, 9.17) is 4.74 Å². The maximum absolute atomic E-state index is 13.3. The molecule has 24 heavy (non-hydrogen) atoms. The van der Waals surface area contributed by atoms with Crippen molar-refractivity contribution in [1.82, 2.24) is 14.7 Å². The van der Waals surface area contributed by atoms with E-state index in [9.17, 15) is 4.79 Å². The van der Waals surface area contributed by atoms with Crippen LogP contribution in [0.25, 0.3) is 0 Å². The molecule has 3 rings (SSSR count). The predicted octanol–water partition coefficient (Wildman–Crippen LogP) is 2.93. The number of rotatable bonds is 4. The Hall–Kier alpha value is -2.24. The van der Waals surface area contributed by atoms with Crippen LogP contribution in [-0.4, -0.2) is 40.3 Å². The summed E-state index contributed by atoms with van der Waals surface area (Å²) in [5, 5.41) is 7.76. The van der Waals surface area contributed by atoms with Crippen LogP contribution in [0.1, 0.15) is 39.7 Å². The Kier molecular flexibility index (Phi) is 4.64. The third-order valence-corrected chi connectivity index (χ3v) is 4.81. The highest BCUT2D eigenvalue weighted by Gasteiger charge is 2.38. The molecule has 1 fully saturated rings. The van der Waals surface area contributed by atoms with Gasteiger partial charge in [-0.25, -0.2) is 4.68 Å². The lowest BCUT2D eigenvalue weighted by Crippen LogP contribution is -2.41. The number of carbonyl (C=O) groups is 1. The van der Waals surface area contributed by atoms with E-state index in [0.29, 0.717) is 0 Å². The lowest BCUT2D eigenvalue weighted by Gasteiger charge is -2.34. The number of carbonyl (C=O) groups excluding carboxylic acids is 1. The van der Waals surface area contributed by atoms with Gasteiger partial charge in [0.05, 0.1) is 37.2 Å². The number of fused-ring (bicyclic) bond motifs is 1. The number of hydrogen-bond acceptors (Lipinski definition) is 4. The van der Waals surface area contributed by atoms with Gasteiger partial charge in [-0.15, -0.1) is 0 Å². The third-order valence-electron chi connectivity index (χ3n) is 4.81. The van der Waals surface area contributed by atoms with Crippen molar-refractivity contribution in [3.63, 3.8) is 0 Å². The van der Waals surface area contributed by atoms with Gasteiger partial charge in [-0.1, -0.05) is 13.8 Å². The van der Waals surface area contributed by atoms with Crippen molar-refractivity contribution in [2.75, 3.05) is 19.0 Å². The second-order valence-corrected chi connectivity index (χ2v) is 6.79. The lowest BCUT2D eigenvalue weighted by molar-refractivity contribution is -0.128. The number of nitrogens with zero attached hydrogens (tertiary/aromatic N) is 3. The molecule has 1 aromatic heterocycles. The number of hydrogen-bond donors (Lipinski definition) is 1. The smallest absolute Gasteiger partial charge is 0.254 e. The molecule has 1 amide bonds. The normalized spacial score (nSPS) is 23.8. The average molecular weight is 330 g/mol. The number of amides is 1. The van der Waals surface area contributed by atoms with E-state index in [1.165, 1.54) is 0 Å². The molecule has 6 nitrogen and oxygen atoms in total. The molecule has 6 heteroatoms. The van der Waals surface area contributed by atoms with E-state index in [-0.39, 0.29) is 23.9 Å². The molecule has 0 aliphatic carbocycles. The molecule has 2 atom stereocenters. The maximum Gasteiger partial charge on any atom is 0.254 e. The highest BCUT2D eigenvalue weighted by molar-refractivity contribution is 5.96. The van der Waals surface area contributed by atoms with Crippen molar-refractivity contribution in [2.45, 2.75) is 45.7 Å². The number of nitrogens with one attached hydrogen (secondary N) is 1. The minimum atomic E-state index is -0.0450. The minimum absolute atomic E-state index is 0.0450. The summed E-state index contributed by atoms with van der Waals surface area (Å²) in [6.07, 6.45) is 7.41. The van der Waals surface area contributed by atoms with Crippen LogP contribution in [0.4, 0.5) is 5.82 Å². The zero-order valence-corrected chi connectivity index (χ0v) is 14.8. The van der Waals surface area contributed by atoms with Crippen LogP contribution >= 0.6 is 0 Å². The summed E-state index contributed by atoms with van der Waals surface area (Å²) in [7, 11) is 1.63. The Morgan fingerprint density at radius 3 is 3.00 bits per heavy atom. The SMILES string of the molecule is CO/C=C/C1CCCN1C(=O)C1=C(C)Nc2ccnn2C1C(C)C. The zero-order valence-electron chi connectivity index (χ0n) is 14.8. The summed E-state index contributed by atoms with van der Waals surface area (Å²) >= 11 is 0. The number of anilines is 1. The van der Waals surface area contributed by atoms with Crippen LogP contribution in [0, 0.1) is 5.92 Å². The Morgan fingerprint density at radius 2 is 2.29 bits per heavy atom. The Labute approximate surface area is 143 Å². The van der Waals surface area contributed by atoms with Gasteiger partial charge in [0.1, 0.15) is 5.82 Å². The van der Waals surface area contributed by atoms with Gasteiger partial charge < -0.3 is 15.0 Å². The second kappa shape index (κ2) is 6.71. The lowest BCUT2D eigenvalue weighted by atomic mass is 9.92. The summed E-state index contributed by atoms with van der Waals surface area (Å²) in [4.78, 5) is 15.3. The number of ether oxygens (including phenoxy) is 1. The van der Waals surface area contributed by atoms with Crippen molar-refractivity contribution in [1.29, 1.82) is 0 Å². The van der Waals surface area contributed by atoms with Gasteiger partial charge in [-0.3, -0.25) is 4.79 Å². The molecule has 2 aliphatic rings. The van der Waals surface area contributed by atoms with Gasteiger partial charge in [-0.2, -0.15) is 5.10 Å². The number of likely N-dealkylation sites (tertiary alicyclic amines) is 1. The highest BCUT2D eigenvalue weighted by Crippen LogP contribution is 2.37. The van der Waals surface area contributed by atoms with Crippen LogP contribution in [0.3, 0.4) is 0 Å². The molecule has 1 N–H and O–H groups in total. The van der Waals surface area contributed by atoms with Crippen molar-refractivity contribution in [2.24, 2.45) is 5.92 Å². The maximum atomic E-state index is 13.3. The Morgan fingerprint density at radius 1 is 1.50 bits per heavy atom. The summed E-state index contributed by atoms with van der Waals surface area (Å²) in [5.74, 6) is 1.32. The molecule has 2 unspecified atom stereocenters. The molecule has 0 radical (unpaired) electrons. The zero-order chi connectivity index (χ0) is 17.3. The van der Waals surface area contributed by atoms with E-state index in [1.807, 2.05) is 28.6 Å². The first-order chi connectivity index (χ1) is 11.5. The van der Waals surface area contributed by atoms with Crippen LogP contribution in [0.15, 0.2) is 35.9 Å². The van der Waals surface area contributed by atoms with Gasteiger partial charge in [0.2, 0.25) is 0 Å². The van der Waals surface area contributed by atoms with Crippen molar-refractivity contribution in [3.8, 4) is 0 Å². The number of aromatic nitrogens is 2. The van der Waals surface area contributed by atoms with Gasteiger partial charge >= 0.3 is 0 Å². The van der Waals surface area contributed by atoms with Crippen molar-refractivity contribution < 1.29 is 9.53 Å². The first-order valence-corrected chi connectivity index (χ1v) is 8.56. The summed E-state index contributed by atoms with van der Waals surface area (Å²) < 4.78 is 6.97. The Balaban J connectivity index is 1.94. The van der Waals surface area contributed by atoms with Gasteiger partial charge in [0, 0.05) is 18.3 Å². The number of allylic oxidation sites excluding steroid dienone is 1. The standard InChI is InChI=1S/C18H26N4O2/c1-12(2)17-16(13(3)20-15-7-9-19-22(15)17)18(23)21-10-5-6-14(21)8-11-24-4/h7-9,11-12,14,17,20H,5-6,10H2,1-4H3/b11-8+. The molecule has 2 aliphatic heterocycles. The fourth-order valence-electron chi connectivity index (χ4n) is 3.71. The Bertz CT molecular complexity index is 674. The highest BCUT2D eigenvalue weighted by atomic mass is 16.5. The molecule has 0 saturated carbocycles. The van der Waals surface area contributed by atoms with Crippen molar-refractivity contribution >= 4 is 11.7 Å². The molecular formula is C18H26N4O2. The molecule has 0 bridgehead atoms. The summed E-state index contributed by atoms with van der Waals surface area (Å²) in [6.45, 7) is 7.03. The van der Waals surface area contributed by atoms with E-state index in [2.05, 4.69) is 24.3 Å². The predicted molar refractivity (Wildman–Crippen MR) is 93.3 cm³/mol. The number of methoxy groups -OCH3 is 1. The van der Waals surface area contributed by atoms with E-state index in [0.717, 1.165) is 36.5 Å². The molecular weight excluding hydrogens is 304 g/mol. The first kappa shape index (κ1) is 16.6. The molecule has 130 valence electrons. The molecule has 1 aromatic rings. The van der Waals surface area contributed by atoms with Gasteiger partial charge in [0.25, 0.3) is 5.91 Å². The van der Waals surface area contributed by atoms with E-state index < -0.39 is 0 Å². The second-order valence-electron chi connectivity index (χ2n) is 6.79. The fraction of sp³-hybridized carbons (Fsp3) is 0.556. The molecule has 1 saturated heterocycles. The summed E-state index contributed by atoms with van der Waals surface area (Å²) in [6, 6.07) is 2.00. The van der Waals surface area contributed by atoms with Crippen LogP contribution in [0.2, 0.25) is 0 Å². The van der Waals surface area contributed by atoms with Gasteiger partial charge in [-0.05, 0) is 31.8 Å². The molecule has 0 spiro atoms. The van der Waals surface area contributed by atoms with Crippen molar-refractivity contribution in [3.05, 3.63) is 35.9 Å². The van der Waals surface area contributed by atoms with Gasteiger partial charge in [0.15, 0.2) is 0 Å². The third kappa shape index (κ3) is 2.81. The quantitative estimate of drug-likeness (QED) is 0.862. The first-order valence-electron chi connectivity index (χ1n) is 8.56. The van der Waals surface area contributed by atoms with Crippen LogP contribution < -0.4 is 5.32 Å². The van der Waals surface area contributed by atoms with E-state index >= 15 is 0 Å². The average Bonchev–Trinajstić information content (AvgIpc) is 3.19.